The molecule has 0 saturated carbocycles. The number of ether oxygens (including phenoxy) is 1. The lowest BCUT2D eigenvalue weighted by Crippen LogP contribution is -2.23. The maximum absolute atomic E-state index is 13.6. The summed E-state index contributed by atoms with van der Waals surface area (Å²) in [5.41, 5.74) is 3.60. The van der Waals surface area contributed by atoms with Gasteiger partial charge in [0.05, 0.1) is 29.6 Å². The zero-order valence-corrected chi connectivity index (χ0v) is 18.5. The molecule has 0 aliphatic rings. The lowest BCUT2D eigenvalue weighted by molar-refractivity contribution is 0.414. The van der Waals surface area contributed by atoms with E-state index in [1.54, 1.807) is 11.7 Å². The topological polar surface area (TPSA) is 81.7 Å². The van der Waals surface area contributed by atoms with Crippen LogP contribution in [-0.4, -0.2) is 27.9 Å². The normalized spacial score (nSPS) is 11.4. The first-order valence-corrected chi connectivity index (χ1v) is 10.8. The van der Waals surface area contributed by atoms with Crippen LogP contribution in [0.5, 0.6) is 5.75 Å². The minimum absolute atomic E-state index is 0.194. The van der Waals surface area contributed by atoms with Crippen molar-refractivity contribution in [3.63, 3.8) is 0 Å². The fraction of sp³-hybridized carbons (Fsp3) is 0.174. The number of thioether (sulfide) groups is 1. The first-order chi connectivity index (χ1) is 15.0. The number of hydrogen-bond donors (Lipinski definition) is 0. The summed E-state index contributed by atoms with van der Waals surface area (Å²) in [5, 5.41) is 9.70. The number of fused-ring (bicyclic) bond motifs is 1. The molecule has 0 saturated heterocycles. The van der Waals surface area contributed by atoms with E-state index < -0.39 is 0 Å². The Kier molecular flexibility index (Phi) is 5.81. The van der Waals surface area contributed by atoms with Crippen LogP contribution in [0.1, 0.15) is 11.3 Å². The smallest absolute Gasteiger partial charge is 0.268 e. The number of hydrogen-bond acceptors (Lipinski definition) is 7. The molecular formula is C23H21N5O2S. The maximum Gasteiger partial charge on any atom is 0.268 e. The summed E-state index contributed by atoms with van der Waals surface area (Å²) in [6.45, 7) is 3.71. The van der Waals surface area contributed by atoms with Crippen molar-refractivity contribution in [3.05, 3.63) is 76.2 Å². The number of benzene rings is 2. The molecule has 4 rings (SSSR count). The number of rotatable bonds is 5. The number of methoxy groups -OCH3 is 1. The Morgan fingerprint density at radius 3 is 2.32 bits per heavy atom. The van der Waals surface area contributed by atoms with E-state index in [0.29, 0.717) is 44.6 Å². The fourth-order valence-electron chi connectivity index (χ4n) is 3.35. The highest BCUT2D eigenvalue weighted by Crippen LogP contribution is 2.30. The lowest BCUT2D eigenvalue weighted by Gasteiger charge is -2.14. The molecule has 0 spiro atoms. The summed E-state index contributed by atoms with van der Waals surface area (Å²) >= 11 is 1.39. The number of aryl methyl sites for hydroxylation is 2. The number of pyridine rings is 1. The Morgan fingerprint density at radius 2 is 1.68 bits per heavy atom. The molecule has 4 aromatic rings. The highest BCUT2D eigenvalue weighted by molar-refractivity contribution is 7.98. The van der Waals surface area contributed by atoms with E-state index >= 15 is 0 Å². The Labute approximate surface area is 183 Å². The van der Waals surface area contributed by atoms with Crippen LogP contribution in [0.15, 0.2) is 74.8 Å². The van der Waals surface area contributed by atoms with E-state index in [2.05, 4.69) is 20.2 Å². The van der Waals surface area contributed by atoms with Gasteiger partial charge in [0, 0.05) is 0 Å². The van der Waals surface area contributed by atoms with Crippen LogP contribution >= 0.6 is 11.8 Å². The van der Waals surface area contributed by atoms with Crippen molar-refractivity contribution in [2.24, 2.45) is 10.2 Å². The molecule has 8 heteroatoms. The Hall–Kier alpha value is -3.52. The fourth-order valence-corrected chi connectivity index (χ4v) is 3.90. The Morgan fingerprint density at radius 1 is 0.968 bits per heavy atom. The van der Waals surface area contributed by atoms with Crippen LogP contribution in [0.2, 0.25) is 0 Å². The van der Waals surface area contributed by atoms with Gasteiger partial charge < -0.3 is 4.74 Å². The molecule has 2 aromatic heterocycles. The second-order valence-electron chi connectivity index (χ2n) is 6.84. The Balaban J connectivity index is 1.93. The highest BCUT2D eigenvalue weighted by Gasteiger charge is 2.18. The van der Waals surface area contributed by atoms with E-state index in [0.717, 1.165) is 5.69 Å². The first-order valence-electron chi connectivity index (χ1n) is 9.62. The maximum atomic E-state index is 13.6. The first kappa shape index (κ1) is 20.7. The van der Waals surface area contributed by atoms with E-state index in [9.17, 15) is 4.79 Å². The summed E-state index contributed by atoms with van der Waals surface area (Å²) in [4.78, 5) is 22.8. The molecule has 0 N–H and O–H groups in total. The van der Waals surface area contributed by atoms with Gasteiger partial charge in [-0.15, -0.1) is 5.11 Å². The van der Waals surface area contributed by atoms with Crippen LogP contribution in [0.4, 0.5) is 11.4 Å². The average Bonchev–Trinajstić information content (AvgIpc) is 2.79. The molecule has 31 heavy (non-hydrogen) atoms. The zero-order chi connectivity index (χ0) is 22.0. The van der Waals surface area contributed by atoms with Gasteiger partial charge in [-0.05, 0) is 62.1 Å². The van der Waals surface area contributed by atoms with E-state index in [-0.39, 0.29) is 5.56 Å². The van der Waals surface area contributed by atoms with Crippen LogP contribution in [0, 0.1) is 13.8 Å². The molecular weight excluding hydrogens is 410 g/mol. The third kappa shape index (κ3) is 3.94. The standard InChI is InChI=1S/C23H21N5O2S/c1-14-19-21(24-15(2)20(14)27-26-16-8-6-5-7-9-16)25-23(31-4)28(22(19)29)17-10-12-18(30-3)13-11-17/h5-13H,1-4H3. The molecule has 156 valence electrons. The van der Waals surface area contributed by atoms with E-state index in [1.807, 2.05) is 74.7 Å². The van der Waals surface area contributed by atoms with Gasteiger partial charge >= 0.3 is 0 Å². The third-order valence-electron chi connectivity index (χ3n) is 4.91. The molecule has 0 aliphatic heterocycles. The molecule has 0 amide bonds. The van der Waals surface area contributed by atoms with Gasteiger partial charge in [0.2, 0.25) is 0 Å². The quantitative estimate of drug-likeness (QED) is 0.235. The van der Waals surface area contributed by atoms with Gasteiger partial charge in [-0.2, -0.15) is 5.11 Å². The summed E-state index contributed by atoms with van der Waals surface area (Å²) < 4.78 is 6.82. The minimum Gasteiger partial charge on any atom is -0.497 e. The number of aromatic nitrogens is 3. The molecule has 0 aliphatic carbocycles. The SMILES string of the molecule is COc1ccc(-n2c(SC)nc3nc(C)c(N=Nc4ccccc4)c(C)c3c2=O)cc1. The summed E-state index contributed by atoms with van der Waals surface area (Å²) in [6, 6.07) is 16.7. The van der Waals surface area contributed by atoms with Crippen molar-refractivity contribution in [2.45, 2.75) is 19.0 Å². The molecule has 0 radical (unpaired) electrons. The van der Waals surface area contributed by atoms with Crippen LogP contribution in [0.3, 0.4) is 0 Å². The zero-order valence-electron chi connectivity index (χ0n) is 17.7. The predicted octanol–water partition coefficient (Wildman–Crippen LogP) is 5.54. The second kappa shape index (κ2) is 8.69. The second-order valence-corrected chi connectivity index (χ2v) is 7.62. The van der Waals surface area contributed by atoms with Crippen molar-refractivity contribution in [3.8, 4) is 11.4 Å². The number of azo groups is 1. The number of nitrogens with zero attached hydrogens (tertiary/aromatic N) is 5. The molecule has 2 heterocycles. The van der Waals surface area contributed by atoms with Gasteiger partial charge in [0.15, 0.2) is 10.8 Å². The van der Waals surface area contributed by atoms with Crippen molar-refractivity contribution in [1.29, 1.82) is 0 Å². The van der Waals surface area contributed by atoms with Crippen molar-refractivity contribution < 1.29 is 4.74 Å². The van der Waals surface area contributed by atoms with Gasteiger partial charge in [-0.3, -0.25) is 9.36 Å². The summed E-state index contributed by atoms with van der Waals surface area (Å²) in [6.07, 6.45) is 1.88. The molecule has 0 fully saturated rings. The molecule has 7 nitrogen and oxygen atoms in total. The highest BCUT2D eigenvalue weighted by atomic mass is 32.2. The minimum atomic E-state index is -0.194. The van der Waals surface area contributed by atoms with E-state index in [1.165, 1.54) is 11.8 Å². The summed E-state index contributed by atoms with van der Waals surface area (Å²) in [7, 11) is 1.61. The van der Waals surface area contributed by atoms with Gasteiger partial charge in [0.25, 0.3) is 5.56 Å². The van der Waals surface area contributed by atoms with Gasteiger partial charge in [-0.1, -0.05) is 30.0 Å². The van der Waals surface area contributed by atoms with E-state index in [4.69, 9.17) is 4.74 Å². The van der Waals surface area contributed by atoms with Gasteiger partial charge in [-0.25, -0.2) is 9.97 Å². The van der Waals surface area contributed by atoms with Crippen LogP contribution < -0.4 is 10.3 Å². The monoisotopic (exact) mass is 431 g/mol. The lowest BCUT2D eigenvalue weighted by atomic mass is 10.1. The van der Waals surface area contributed by atoms with Gasteiger partial charge in [0.1, 0.15) is 11.4 Å². The van der Waals surface area contributed by atoms with Crippen molar-refractivity contribution in [1.82, 2.24) is 14.5 Å². The third-order valence-corrected chi connectivity index (χ3v) is 5.55. The molecule has 0 bridgehead atoms. The average molecular weight is 432 g/mol. The molecule has 2 aromatic carbocycles. The Bertz CT molecular complexity index is 1330. The predicted molar refractivity (Wildman–Crippen MR) is 124 cm³/mol. The molecule has 0 atom stereocenters. The van der Waals surface area contributed by atoms with Crippen LogP contribution in [0.25, 0.3) is 16.7 Å². The van der Waals surface area contributed by atoms with Crippen molar-refractivity contribution >= 4 is 34.2 Å². The summed E-state index contributed by atoms with van der Waals surface area (Å²) in [5.74, 6) is 0.716. The largest absolute Gasteiger partial charge is 0.497 e. The molecule has 0 unspecified atom stereocenters. The van der Waals surface area contributed by atoms with Crippen LogP contribution in [-0.2, 0) is 0 Å². The van der Waals surface area contributed by atoms with Crippen molar-refractivity contribution in [2.75, 3.05) is 13.4 Å².